The molecule has 1 aliphatic heterocycles. The van der Waals surface area contributed by atoms with Gasteiger partial charge in [0.1, 0.15) is 23.2 Å². The zero-order valence-electron chi connectivity index (χ0n) is 15.1. The van der Waals surface area contributed by atoms with Crippen molar-refractivity contribution in [3.8, 4) is 29.0 Å². The maximum Gasteiger partial charge on any atom is 0.244 e. The van der Waals surface area contributed by atoms with Gasteiger partial charge in [0.15, 0.2) is 0 Å². The molecular weight excluding hydrogens is 359 g/mol. The van der Waals surface area contributed by atoms with Crippen molar-refractivity contribution in [3.05, 3.63) is 76.9 Å². The lowest BCUT2D eigenvalue weighted by molar-refractivity contribution is 0.340. The normalized spacial score (nSPS) is 15.5. The minimum atomic E-state index is -0.593. The van der Waals surface area contributed by atoms with Gasteiger partial charge in [0.2, 0.25) is 11.8 Å². The number of fused-ring (bicyclic) bond motifs is 1. The molecule has 1 atom stereocenters. The summed E-state index contributed by atoms with van der Waals surface area (Å²) >= 11 is 0. The number of allylic oxidation sites excluding steroid dienone is 1. The zero-order valence-corrected chi connectivity index (χ0v) is 15.1. The van der Waals surface area contributed by atoms with Crippen molar-refractivity contribution in [3.63, 3.8) is 0 Å². The molecule has 28 heavy (non-hydrogen) atoms. The van der Waals surface area contributed by atoms with Crippen LogP contribution in [-0.2, 0) is 0 Å². The number of halogens is 1. The number of hydrogen-bond acceptors (Lipinski definition) is 5. The first-order valence-corrected chi connectivity index (χ1v) is 8.77. The molecule has 2 aromatic carbocycles. The van der Waals surface area contributed by atoms with Crippen LogP contribution in [-0.4, -0.2) is 16.8 Å². The number of aromatic amines is 1. The first-order valence-electron chi connectivity index (χ1n) is 8.77. The van der Waals surface area contributed by atoms with Crippen LogP contribution in [0.25, 0.3) is 11.3 Å². The molecule has 1 aliphatic rings. The summed E-state index contributed by atoms with van der Waals surface area (Å²) < 4.78 is 24.9. The Hall–Kier alpha value is -3.79. The van der Waals surface area contributed by atoms with E-state index in [0.717, 1.165) is 11.3 Å². The van der Waals surface area contributed by atoms with E-state index in [9.17, 15) is 9.65 Å². The quantitative estimate of drug-likeness (QED) is 0.721. The van der Waals surface area contributed by atoms with Gasteiger partial charge in [-0.3, -0.25) is 5.10 Å². The summed E-state index contributed by atoms with van der Waals surface area (Å²) in [6.07, 6.45) is 0. The van der Waals surface area contributed by atoms with Gasteiger partial charge >= 0.3 is 0 Å². The number of rotatable bonds is 4. The molecule has 0 aliphatic carbocycles. The van der Waals surface area contributed by atoms with Crippen molar-refractivity contribution >= 4 is 0 Å². The van der Waals surface area contributed by atoms with Crippen molar-refractivity contribution in [2.75, 3.05) is 6.61 Å². The fourth-order valence-electron chi connectivity index (χ4n) is 3.37. The van der Waals surface area contributed by atoms with E-state index in [0.29, 0.717) is 23.4 Å². The summed E-state index contributed by atoms with van der Waals surface area (Å²) in [5.41, 5.74) is 8.90. The van der Waals surface area contributed by atoms with E-state index in [1.807, 2.05) is 31.2 Å². The standard InChI is InChI=1S/C21H17FN4O2/c1-2-27-15-8-6-12(7-9-15)19-18-17(13-4-3-5-14(22)10-13)16(11-23)20(24)28-21(18)26-25-19/h3-10,17H,2,24H2,1H3,(H,25,26). The fraction of sp³-hybridized carbons (Fsp3) is 0.143. The van der Waals surface area contributed by atoms with Gasteiger partial charge in [0, 0.05) is 5.56 Å². The number of H-pyrrole nitrogens is 1. The zero-order chi connectivity index (χ0) is 19.7. The SMILES string of the molecule is CCOc1ccc(-c2[nH]nc3c2C(c2cccc(F)c2)C(C#N)=C(N)O3)cc1. The second kappa shape index (κ2) is 7.08. The van der Waals surface area contributed by atoms with Crippen LogP contribution >= 0.6 is 0 Å². The van der Waals surface area contributed by atoms with E-state index in [4.69, 9.17) is 15.2 Å². The van der Waals surface area contributed by atoms with E-state index in [-0.39, 0.29) is 17.3 Å². The number of ether oxygens (including phenoxy) is 2. The average molecular weight is 376 g/mol. The minimum Gasteiger partial charge on any atom is -0.494 e. The molecule has 0 amide bonds. The molecule has 7 heteroatoms. The highest BCUT2D eigenvalue weighted by Crippen LogP contribution is 2.45. The smallest absolute Gasteiger partial charge is 0.244 e. The summed E-state index contributed by atoms with van der Waals surface area (Å²) in [7, 11) is 0. The molecule has 0 fully saturated rings. The molecule has 0 bridgehead atoms. The molecule has 3 aromatic rings. The summed E-state index contributed by atoms with van der Waals surface area (Å²) in [6, 6.07) is 15.7. The van der Waals surface area contributed by atoms with E-state index in [1.165, 1.54) is 12.1 Å². The first kappa shape index (κ1) is 17.6. The maximum absolute atomic E-state index is 13.9. The van der Waals surface area contributed by atoms with Crippen LogP contribution in [0.2, 0.25) is 0 Å². The van der Waals surface area contributed by atoms with Crippen LogP contribution in [0.4, 0.5) is 4.39 Å². The van der Waals surface area contributed by atoms with Gasteiger partial charge < -0.3 is 15.2 Å². The van der Waals surface area contributed by atoms with Crippen LogP contribution in [0.5, 0.6) is 11.6 Å². The van der Waals surface area contributed by atoms with Crippen molar-refractivity contribution in [1.29, 1.82) is 5.26 Å². The fourth-order valence-corrected chi connectivity index (χ4v) is 3.37. The molecule has 2 heterocycles. The predicted octanol–water partition coefficient (Wildman–Crippen LogP) is 3.83. The molecule has 0 radical (unpaired) electrons. The average Bonchev–Trinajstić information content (AvgIpc) is 3.11. The van der Waals surface area contributed by atoms with Crippen molar-refractivity contribution in [1.82, 2.24) is 10.2 Å². The second-order valence-electron chi connectivity index (χ2n) is 6.25. The number of nitriles is 1. The van der Waals surface area contributed by atoms with Crippen molar-refractivity contribution in [2.45, 2.75) is 12.8 Å². The van der Waals surface area contributed by atoms with Gasteiger partial charge in [-0.05, 0) is 48.9 Å². The Morgan fingerprint density at radius 2 is 2.07 bits per heavy atom. The monoisotopic (exact) mass is 376 g/mol. The highest BCUT2D eigenvalue weighted by molar-refractivity contribution is 5.71. The third-order valence-corrected chi connectivity index (χ3v) is 4.57. The minimum absolute atomic E-state index is 0.0333. The summed E-state index contributed by atoms with van der Waals surface area (Å²) in [4.78, 5) is 0. The van der Waals surface area contributed by atoms with E-state index < -0.39 is 11.7 Å². The Morgan fingerprint density at radius 3 is 2.75 bits per heavy atom. The Balaban J connectivity index is 1.87. The Morgan fingerprint density at radius 1 is 1.29 bits per heavy atom. The number of aromatic nitrogens is 2. The van der Waals surface area contributed by atoms with Gasteiger partial charge in [-0.2, -0.15) is 5.26 Å². The van der Waals surface area contributed by atoms with Crippen LogP contribution in [0.1, 0.15) is 24.0 Å². The van der Waals surface area contributed by atoms with Crippen molar-refractivity contribution < 1.29 is 13.9 Å². The molecule has 0 saturated heterocycles. The third kappa shape index (κ3) is 2.95. The number of benzene rings is 2. The van der Waals surface area contributed by atoms with Gasteiger partial charge in [0.05, 0.1) is 23.8 Å². The van der Waals surface area contributed by atoms with Gasteiger partial charge in [-0.15, -0.1) is 5.10 Å². The van der Waals surface area contributed by atoms with Gasteiger partial charge in [-0.25, -0.2) is 4.39 Å². The highest BCUT2D eigenvalue weighted by Gasteiger charge is 2.35. The second-order valence-corrected chi connectivity index (χ2v) is 6.25. The van der Waals surface area contributed by atoms with Crippen LogP contribution in [0.3, 0.4) is 0 Å². The predicted molar refractivity (Wildman–Crippen MR) is 101 cm³/mol. The molecular formula is C21H17FN4O2. The molecule has 0 saturated carbocycles. The topological polar surface area (TPSA) is 97.0 Å². The Bertz CT molecular complexity index is 1100. The largest absolute Gasteiger partial charge is 0.494 e. The third-order valence-electron chi connectivity index (χ3n) is 4.57. The first-order chi connectivity index (χ1) is 13.6. The number of hydrogen-bond donors (Lipinski definition) is 2. The van der Waals surface area contributed by atoms with Crippen LogP contribution < -0.4 is 15.2 Å². The molecule has 1 unspecified atom stereocenters. The maximum atomic E-state index is 13.9. The van der Waals surface area contributed by atoms with Gasteiger partial charge in [0.25, 0.3) is 0 Å². The molecule has 0 spiro atoms. The van der Waals surface area contributed by atoms with Gasteiger partial charge in [-0.1, -0.05) is 12.1 Å². The Labute approximate surface area is 161 Å². The molecule has 1 aromatic heterocycles. The van der Waals surface area contributed by atoms with Crippen molar-refractivity contribution in [2.24, 2.45) is 5.73 Å². The molecule has 3 N–H and O–H groups in total. The number of nitrogens with two attached hydrogens (primary N) is 1. The van der Waals surface area contributed by atoms with Crippen LogP contribution in [0.15, 0.2) is 60.0 Å². The summed E-state index contributed by atoms with van der Waals surface area (Å²) in [5, 5.41) is 16.8. The Kier molecular flexibility index (Phi) is 4.45. The van der Waals surface area contributed by atoms with E-state index in [1.54, 1.807) is 12.1 Å². The lowest BCUT2D eigenvalue weighted by atomic mass is 9.83. The molecule has 6 nitrogen and oxygen atoms in total. The summed E-state index contributed by atoms with van der Waals surface area (Å²) in [5.74, 6) is 0.000326. The number of nitrogens with one attached hydrogen (secondary N) is 1. The molecule has 4 rings (SSSR count). The van der Waals surface area contributed by atoms with E-state index in [2.05, 4.69) is 16.3 Å². The number of nitrogens with zero attached hydrogens (tertiary/aromatic N) is 2. The lowest BCUT2D eigenvalue weighted by Gasteiger charge is -2.24. The van der Waals surface area contributed by atoms with Crippen LogP contribution in [0, 0.1) is 17.1 Å². The lowest BCUT2D eigenvalue weighted by Crippen LogP contribution is -2.21. The summed E-state index contributed by atoms with van der Waals surface area (Å²) in [6.45, 7) is 2.49. The molecule has 140 valence electrons. The van der Waals surface area contributed by atoms with E-state index >= 15 is 0 Å². The highest BCUT2D eigenvalue weighted by atomic mass is 19.1.